The summed E-state index contributed by atoms with van der Waals surface area (Å²) in [4.78, 5) is 20.2. The fourth-order valence-electron chi connectivity index (χ4n) is 2.79. The summed E-state index contributed by atoms with van der Waals surface area (Å²) in [5.74, 6) is -0.0694. The fourth-order valence-corrected chi connectivity index (χ4v) is 4.52. The molecule has 1 aromatic carbocycles. The first-order valence-corrected chi connectivity index (χ1v) is 10.7. The number of sulfonamides is 1. The standard InChI is InChI=1S/C17H21N3O3S2/c1-12-13(2)24-16(18-12)14-5-4-6-15(11-14)17(21)19-7-9-20(10-8-19)25(3,22)23/h4-6,11H,7-10H2,1-3H3. The summed E-state index contributed by atoms with van der Waals surface area (Å²) in [6.45, 7) is 5.51. The molecule has 3 rings (SSSR count). The molecule has 1 amide bonds. The minimum Gasteiger partial charge on any atom is -0.336 e. The molecule has 0 N–H and O–H groups in total. The highest BCUT2D eigenvalue weighted by Crippen LogP contribution is 2.28. The average molecular weight is 380 g/mol. The van der Waals surface area contributed by atoms with E-state index in [9.17, 15) is 13.2 Å². The Morgan fingerprint density at radius 2 is 1.84 bits per heavy atom. The average Bonchev–Trinajstić information content (AvgIpc) is 2.93. The molecule has 1 aliphatic heterocycles. The second-order valence-corrected chi connectivity index (χ2v) is 9.38. The molecule has 1 aromatic heterocycles. The molecule has 0 saturated carbocycles. The predicted octanol–water partition coefficient (Wildman–Crippen LogP) is 2.14. The summed E-state index contributed by atoms with van der Waals surface area (Å²) in [6.07, 6.45) is 1.20. The SMILES string of the molecule is Cc1nc(-c2cccc(C(=O)N3CCN(S(C)(=O)=O)CC3)c2)sc1C. The van der Waals surface area contributed by atoms with Gasteiger partial charge in [0, 0.05) is 42.2 Å². The second-order valence-electron chi connectivity index (χ2n) is 6.20. The number of thiazole rings is 1. The minimum absolute atomic E-state index is 0.0694. The Morgan fingerprint density at radius 3 is 2.40 bits per heavy atom. The van der Waals surface area contributed by atoms with Gasteiger partial charge in [0.15, 0.2) is 0 Å². The molecule has 1 fully saturated rings. The Balaban J connectivity index is 1.76. The number of amides is 1. The van der Waals surface area contributed by atoms with Crippen LogP contribution in [0.2, 0.25) is 0 Å². The van der Waals surface area contributed by atoms with Crippen molar-refractivity contribution in [1.82, 2.24) is 14.2 Å². The number of rotatable bonds is 3. The molecule has 2 aromatic rings. The van der Waals surface area contributed by atoms with Gasteiger partial charge >= 0.3 is 0 Å². The minimum atomic E-state index is -3.20. The van der Waals surface area contributed by atoms with Crippen molar-refractivity contribution in [3.05, 3.63) is 40.4 Å². The van der Waals surface area contributed by atoms with Crippen molar-refractivity contribution in [2.45, 2.75) is 13.8 Å². The van der Waals surface area contributed by atoms with E-state index in [0.29, 0.717) is 31.7 Å². The van der Waals surface area contributed by atoms with Crippen LogP contribution in [0.5, 0.6) is 0 Å². The quantitative estimate of drug-likeness (QED) is 0.819. The van der Waals surface area contributed by atoms with Crippen LogP contribution in [0.25, 0.3) is 10.6 Å². The van der Waals surface area contributed by atoms with Gasteiger partial charge in [-0.1, -0.05) is 12.1 Å². The summed E-state index contributed by atoms with van der Waals surface area (Å²) in [7, 11) is -3.20. The third-order valence-corrected chi connectivity index (χ3v) is 6.80. The number of nitrogens with zero attached hydrogens (tertiary/aromatic N) is 3. The van der Waals surface area contributed by atoms with E-state index in [0.717, 1.165) is 16.3 Å². The lowest BCUT2D eigenvalue weighted by Gasteiger charge is -2.33. The Hall–Kier alpha value is -1.77. The Bertz CT molecular complexity index is 878. The first-order chi connectivity index (χ1) is 11.8. The molecule has 0 atom stereocenters. The monoisotopic (exact) mass is 379 g/mol. The molecule has 134 valence electrons. The molecule has 6 nitrogen and oxygen atoms in total. The van der Waals surface area contributed by atoms with Gasteiger partial charge in [-0.25, -0.2) is 13.4 Å². The van der Waals surface area contributed by atoms with Crippen LogP contribution >= 0.6 is 11.3 Å². The summed E-state index contributed by atoms with van der Waals surface area (Å²) < 4.78 is 24.6. The molecule has 0 bridgehead atoms. The summed E-state index contributed by atoms with van der Waals surface area (Å²) in [5.41, 5.74) is 2.55. The molecule has 2 heterocycles. The Kier molecular flexibility index (Phi) is 4.95. The van der Waals surface area contributed by atoms with Crippen LogP contribution in [0.3, 0.4) is 0 Å². The molecule has 25 heavy (non-hydrogen) atoms. The number of carbonyl (C=O) groups excluding carboxylic acids is 1. The van der Waals surface area contributed by atoms with E-state index in [1.54, 1.807) is 22.3 Å². The molecule has 0 aliphatic carbocycles. The van der Waals surface area contributed by atoms with Crippen LogP contribution in [0.4, 0.5) is 0 Å². The third kappa shape index (κ3) is 3.91. The molecular weight excluding hydrogens is 358 g/mol. The van der Waals surface area contributed by atoms with Crippen LogP contribution in [-0.2, 0) is 10.0 Å². The number of carbonyl (C=O) groups is 1. The molecule has 0 unspecified atom stereocenters. The van der Waals surface area contributed by atoms with Crippen LogP contribution < -0.4 is 0 Å². The third-order valence-electron chi connectivity index (χ3n) is 4.38. The predicted molar refractivity (Wildman–Crippen MR) is 99.3 cm³/mol. The van der Waals surface area contributed by atoms with Crippen LogP contribution in [-0.4, -0.2) is 60.9 Å². The smallest absolute Gasteiger partial charge is 0.253 e. The molecule has 1 saturated heterocycles. The highest BCUT2D eigenvalue weighted by Gasteiger charge is 2.26. The zero-order valence-electron chi connectivity index (χ0n) is 14.5. The van der Waals surface area contributed by atoms with Gasteiger partial charge in [0.2, 0.25) is 10.0 Å². The Morgan fingerprint density at radius 1 is 1.16 bits per heavy atom. The number of aromatic nitrogens is 1. The number of aryl methyl sites for hydroxylation is 2. The lowest BCUT2D eigenvalue weighted by Crippen LogP contribution is -2.50. The van der Waals surface area contributed by atoms with E-state index < -0.39 is 10.0 Å². The molecular formula is C17H21N3O3S2. The van der Waals surface area contributed by atoms with E-state index >= 15 is 0 Å². The largest absolute Gasteiger partial charge is 0.336 e. The van der Waals surface area contributed by atoms with Gasteiger partial charge in [-0.3, -0.25) is 4.79 Å². The Labute approximate surface area is 152 Å². The van der Waals surface area contributed by atoms with E-state index in [1.807, 2.05) is 32.0 Å². The van der Waals surface area contributed by atoms with Crippen molar-refractivity contribution in [3.63, 3.8) is 0 Å². The zero-order valence-corrected chi connectivity index (χ0v) is 16.2. The number of hydrogen-bond acceptors (Lipinski definition) is 5. The molecule has 0 radical (unpaired) electrons. The van der Waals surface area contributed by atoms with Gasteiger partial charge in [-0.05, 0) is 26.0 Å². The maximum Gasteiger partial charge on any atom is 0.253 e. The number of piperazine rings is 1. The number of benzene rings is 1. The van der Waals surface area contributed by atoms with Gasteiger partial charge in [0.1, 0.15) is 5.01 Å². The van der Waals surface area contributed by atoms with Gasteiger partial charge in [-0.15, -0.1) is 11.3 Å². The van der Waals surface area contributed by atoms with Crippen molar-refractivity contribution in [1.29, 1.82) is 0 Å². The van der Waals surface area contributed by atoms with E-state index in [-0.39, 0.29) is 5.91 Å². The van der Waals surface area contributed by atoms with Gasteiger partial charge in [0.25, 0.3) is 5.91 Å². The second kappa shape index (κ2) is 6.86. The molecule has 1 aliphatic rings. The highest BCUT2D eigenvalue weighted by atomic mass is 32.2. The maximum absolute atomic E-state index is 12.8. The maximum atomic E-state index is 12.8. The van der Waals surface area contributed by atoms with Crippen molar-refractivity contribution < 1.29 is 13.2 Å². The summed E-state index contributed by atoms with van der Waals surface area (Å²) >= 11 is 1.62. The van der Waals surface area contributed by atoms with Crippen molar-refractivity contribution >= 4 is 27.3 Å². The summed E-state index contributed by atoms with van der Waals surface area (Å²) in [5, 5.41) is 0.909. The van der Waals surface area contributed by atoms with E-state index in [1.165, 1.54) is 15.4 Å². The number of hydrogen-bond donors (Lipinski definition) is 0. The topological polar surface area (TPSA) is 70.6 Å². The van der Waals surface area contributed by atoms with E-state index in [4.69, 9.17) is 0 Å². The van der Waals surface area contributed by atoms with Crippen LogP contribution in [0.1, 0.15) is 20.9 Å². The van der Waals surface area contributed by atoms with E-state index in [2.05, 4.69) is 4.98 Å². The zero-order chi connectivity index (χ0) is 18.2. The van der Waals surface area contributed by atoms with Crippen molar-refractivity contribution in [3.8, 4) is 10.6 Å². The van der Waals surface area contributed by atoms with Crippen molar-refractivity contribution in [2.75, 3.05) is 32.4 Å². The van der Waals surface area contributed by atoms with Gasteiger partial charge in [-0.2, -0.15) is 4.31 Å². The summed E-state index contributed by atoms with van der Waals surface area (Å²) in [6, 6.07) is 7.47. The highest BCUT2D eigenvalue weighted by molar-refractivity contribution is 7.88. The van der Waals surface area contributed by atoms with Gasteiger partial charge in [0.05, 0.1) is 11.9 Å². The lowest BCUT2D eigenvalue weighted by atomic mass is 10.1. The molecule has 8 heteroatoms. The van der Waals surface area contributed by atoms with Crippen LogP contribution in [0.15, 0.2) is 24.3 Å². The fraction of sp³-hybridized carbons (Fsp3) is 0.412. The van der Waals surface area contributed by atoms with Gasteiger partial charge < -0.3 is 4.90 Å². The van der Waals surface area contributed by atoms with Crippen molar-refractivity contribution in [2.24, 2.45) is 0 Å². The first-order valence-electron chi connectivity index (χ1n) is 8.04. The normalized spacial score (nSPS) is 16.2. The molecule has 0 spiro atoms. The first kappa shape index (κ1) is 18.0. The lowest BCUT2D eigenvalue weighted by molar-refractivity contribution is 0.0698. The van der Waals surface area contributed by atoms with Crippen LogP contribution in [0, 0.1) is 13.8 Å².